The molecule has 3 nitrogen and oxygen atoms in total. The Morgan fingerprint density at radius 1 is 1.36 bits per heavy atom. The van der Waals surface area contributed by atoms with E-state index in [0.717, 1.165) is 22.6 Å². The van der Waals surface area contributed by atoms with Crippen molar-refractivity contribution in [1.29, 1.82) is 0 Å². The number of fused-ring (bicyclic) bond motifs is 1. The van der Waals surface area contributed by atoms with E-state index >= 15 is 0 Å². The molecule has 0 aromatic heterocycles. The minimum Gasteiger partial charge on any atom is -0.453 e. The van der Waals surface area contributed by atoms with Crippen molar-refractivity contribution in [3.05, 3.63) is 23.3 Å². The standard InChI is InChI=1S/C11H12O3/c1-7-3-4-9(5-8(2)12)11-10(7)13-6-14-11/h3-4H,5-6H2,1-2H3. The molecule has 0 amide bonds. The van der Waals surface area contributed by atoms with E-state index in [2.05, 4.69) is 0 Å². The van der Waals surface area contributed by atoms with Crippen LogP contribution in [0.15, 0.2) is 12.1 Å². The third-order valence-electron chi connectivity index (χ3n) is 2.24. The highest BCUT2D eigenvalue weighted by molar-refractivity contribution is 5.79. The molecule has 1 heterocycles. The monoisotopic (exact) mass is 192 g/mol. The molecular weight excluding hydrogens is 180 g/mol. The molecule has 1 aliphatic rings. The number of aryl methyl sites for hydroxylation is 1. The van der Waals surface area contributed by atoms with Gasteiger partial charge >= 0.3 is 0 Å². The lowest BCUT2D eigenvalue weighted by molar-refractivity contribution is -0.116. The van der Waals surface area contributed by atoms with Crippen molar-refractivity contribution in [3.63, 3.8) is 0 Å². The van der Waals surface area contributed by atoms with Crippen LogP contribution < -0.4 is 9.47 Å². The molecule has 74 valence electrons. The number of benzene rings is 1. The quantitative estimate of drug-likeness (QED) is 0.717. The first kappa shape index (κ1) is 9.06. The number of hydrogen-bond donors (Lipinski definition) is 0. The van der Waals surface area contributed by atoms with Crippen LogP contribution in [0.2, 0.25) is 0 Å². The van der Waals surface area contributed by atoms with Gasteiger partial charge in [-0.1, -0.05) is 12.1 Å². The fourth-order valence-corrected chi connectivity index (χ4v) is 1.59. The van der Waals surface area contributed by atoms with Crippen LogP contribution in [-0.2, 0) is 11.2 Å². The van der Waals surface area contributed by atoms with Crippen LogP contribution in [0.5, 0.6) is 11.5 Å². The van der Waals surface area contributed by atoms with Gasteiger partial charge in [0.1, 0.15) is 5.78 Å². The van der Waals surface area contributed by atoms with Crippen molar-refractivity contribution in [2.45, 2.75) is 20.3 Å². The topological polar surface area (TPSA) is 35.5 Å². The summed E-state index contributed by atoms with van der Waals surface area (Å²) in [7, 11) is 0. The van der Waals surface area contributed by atoms with Crippen LogP contribution in [0.3, 0.4) is 0 Å². The predicted octanol–water partition coefficient (Wildman–Crippen LogP) is 1.86. The van der Waals surface area contributed by atoms with Gasteiger partial charge in [-0.3, -0.25) is 4.79 Å². The summed E-state index contributed by atoms with van der Waals surface area (Å²) in [5.41, 5.74) is 1.96. The van der Waals surface area contributed by atoms with E-state index in [1.165, 1.54) is 0 Å². The Morgan fingerprint density at radius 2 is 2.07 bits per heavy atom. The van der Waals surface area contributed by atoms with E-state index in [-0.39, 0.29) is 12.6 Å². The van der Waals surface area contributed by atoms with Gasteiger partial charge in [-0.2, -0.15) is 0 Å². The summed E-state index contributed by atoms with van der Waals surface area (Å²) in [5.74, 6) is 1.65. The number of rotatable bonds is 2. The summed E-state index contributed by atoms with van der Waals surface area (Å²) in [4.78, 5) is 11.0. The molecule has 1 aromatic rings. The van der Waals surface area contributed by atoms with Gasteiger partial charge in [-0.25, -0.2) is 0 Å². The largest absolute Gasteiger partial charge is 0.453 e. The fourth-order valence-electron chi connectivity index (χ4n) is 1.59. The number of ether oxygens (including phenoxy) is 2. The Balaban J connectivity index is 2.43. The summed E-state index contributed by atoms with van der Waals surface area (Å²) in [6.07, 6.45) is 0.409. The summed E-state index contributed by atoms with van der Waals surface area (Å²) in [5, 5.41) is 0. The van der Waals surface area contributed by atoms with Crippen LogP contribution in [0, 0.1) is 6.92 Å². The lowest BCUT2D eigenvalue weighted by Gasteiger charge is -2.05. The van der Waals surface area contributed by atoms with Crippen molar-refractivity contribution < 1.29 is 14.3 Å². The van der Waals surface area contributed by atoms with E-state index in [4.69, 9.17) is 9.47 Å². The highest BCUT2D eigenvalue weighted by Crippen LogP contribution is 2.38. The Bertz CT molecular complexity index is 382. The molecule has 3 heteroatoms. The maximum atomic E-state index is 11.0. The number of carbonyl (C=O) groups excluding carboxylic acids is 1. The second-order valence-electron chi connectivity index (χ2n) is 3.49. The van der Waals surface area contributed by atoms with Crippen LogP contribution in [0.4, 0.5) is 0 Å². The SMILES string of the molecule is CC(=O)Cc1ccc(C)c2c1OCO2. The first-order valence-corrected chi connectivity index (χ1v) is 4.56. The number of carbonyl (C=O) groups is 1. The van der Waals surface area contributed by atoms with Crippen molar-refractivity contribution in [3.8, 4) is 11.5 Å². The number of ketones is 1. The molecule has 0 atom stereocenters. The van der Waals surface area contributed by atoms with Gasteiger partial charge in [0.25, 0.3) is 0 Å². The van der Waals surface area contributed by atoms with Gasteiger partial charge in [0.2, 0.25) is 6.79 Å². The lowest BCUT2D eigenvalue weighted by atomic mass is 10.1. The molecule has 14 heavy (non-hydrogen) atoms. The van der Waals surface area contributed by atoms with Crippen molar-refractivity contribution >= 4 is 5.78 Å². The van der Waals surface area contributed by atoms with E-state index in [9.17, 15) is 4.79 Å². The lowest BCUT2D eigenvalue weighted by Crippen LogP contribution is -1.98. The summed E-state index contributed by atoms with van der Waals surface area (Å²) in [6, 6.07) is 3.87. The summed E-state index contributed by atoms with van der Waals surface area (Å²) in [6.45, 7) is 3.79. The fraction of sp³-hybridized carbons (Fsp3) is 0.364. The van der Waals surface area contributed by atoms with Crippen LogP contribution >= 0.6 is 0 Å². The van der Waals surface area contributed by atoms with Crippen molar-refractivity contribution in [2.75, 3.05) is 6.79 Å². The normalized spacial score (nSPS) is 13.0. The first-order chi connectivity index (χ1) is 6.68. The zero-order chi connectivity index (χ0) is 10.1. The third-order valence-corrected chi connectivity index (χ3v) is 2.24. The van der Waals surface area contributed by atoms with Crippen molar-refractivity contribution in [1.82, 2.24) is 0 Å². The molecule has 1 aliphatic heterocycles. The minimum atomic E-state index is 0.131. The highest BCUT2D eigenvalue weighted by atomic mass is 16.7. The first-order valence-electron chi connectivity index (χ1n) is 4.56. The summed E-state index contributed by atoms with van der Waals surface area (Å²) < 4.78 is 10.7. The van der Waals surface area contributed by atoms with Crippen LogP contribution in [0.1, 0.15) is 18.1 Å². The average Bonchev–Trinajstić information content (AvgIpc) is 2.58. The zero-order valence-corrected chi connectivity index (χ0v) is 8.29. The van der Waals surface area contributed by atoms with Gasteiger partial charge in [0.15, 0.2) is 11.5 Å². The van der Waals surface area contributed by atoms with Gasteiger partial charge in [0, 0.05) is 12.0 Å². The second kappa shape index (κ2) is 3.33. The van der Waals surface area contributed by atoms with Gasteiger partial charge < -0.3 is 9.47 Å². The zero-order valence-electron chi connectivity index (χ0n) is 8.29. The second-order valence-corrected chi connectivity index (χ2v) is 3.49. The molecule has 0 bridgehead atoms. The Hall–Kier alpha value is -1.51. The van der Waals surface area contributed by atoms with E-state index in [1.807, 2.05) is 19.1 Å². The molecule has 1 aromatic carbocycles. The maximum Gasteiger partial charge on any atom is 0.231 e. The number of hydrogen-bond acceptors (Lipinski definition) is 3. The number of Topliss-reactive ketones (excluding diaryl/α,β-unsaturated/α-hetero) is 1. The van der Waals surface area contributed by atoms with E-state index in [0.29, 0.717) is 6.42 Å². The molecular formula is C11H12O3. The van der Waals surface area contributed by atoms with E-state index in [1.54, 1.807) is 6.92 Å². The predicted molar refractivity (Wildman–Crippen MR) is 51.7 cm³/mol. The molecule has 0 unspecified atom stereocenters. The van der Waals surface area contributed by atoms with E-state index < -0.39 is 0 Å². The molecule has 0 radical (unpaired) electrons. The molecule has 0 fully saturated rings. The van der Waals surface area contributed by atoms with Gasteiger partial charge in [0.05, 0.1) is 0 Å². The average molecular weight is 192 g/mol. The molecule has 0 aliphatic carbocycles. The molecule has 2 rings (SSSR count). The minimum absolute atomic E-state index is 0.131. The van der Waals surface area contributed by atoms with Crippen LogP contribution in [-0.4, -0.2) is 12.6 Å². The highest BCUT2D eigenvalue weighted by Gasteiger charge is 2.20. The Labute approximate surface area is 82.6 Å². The van der Waals surface area contributed by atoms with Crippen LogP contribution in [0.25, 0.3) is 0 Å². The molecule has 0 N–H and O–H groups in total. The smallest absolute Gasteiger partial charge is 0.231 e. The molecule has 0 spiro atoms. The van der Waals surface area contributed by atoms with Gasteiger partial charge in [-0.15, -0.1) is 0 Å². The molecule has 0 saturated heterocycles. The molecule has 0 saturated carbocycles. The Morgan fingerprint density at radius 3 is 2.79 bits per heavy atom. The third kappa shape index (κ3) is 1.45. The Kier molecular flexibility index (Phi) is 2.15. The summed E-state index contributed by atoms with van der Waals surface area (Å²) >= 11 is 0. The maximum absolute atomic E-state index is 11.0. The van der Waals surface area contributed by atoms with Crippen molar-refractivity contribution in [2.24, 2.45) is 0 Å². The van der Waals surface area contributed by atoms with Gasteiger partial charge in [-0.05, 0) is 19.4 Å².